The smallest absolute Gasteiger partial charge is 0.220 e. The lowest BCUT2D eigenvalue weighted by Crippen LogP contribution is -2.29. The lowest BCUT2D eigenvalue weighted by molar-refractivity contribution is -0.124. The quantitative estimate of drug-likeness (QED) is 0.480. The third kappa shape index (κ3) is 10.6. The molecule has 0 aromatic heterocycles. The first-order valence-electron chi connectivity index (χ1n) is 8.04. The summed E-state index contributed by atoms with van der Waals surface area (Å²) in [7, 11) is 0. The maximum Gasteiger partial charge on any atom is 0.220 e. The molecular weight excluding hydrogens is 284 g/mol. The van der Waals surface area contributed by atoms with Gasteiger partial charge in [-0.25, -0.2) is 0 Å². The molecule has 0 saturated carbocycles. The maximum absolute atomic E-state index is 10.9. The monoisotopic (exact) mass is 318 g/mol. The molecule has 132 valence electrons. The fourth-order valence-electron chi connectivity index (χ4n) is 2.32. The third-order valence-corrected chi connectivity index (χ3v) is 4.18. The van der Waals surface area contributed by atoms with Crippen LogP contribution in [-0.2, 0) is 9.59 Å². The van der Waals surface area contributed by atoms with E-state index in [9.17, 15) is 9.59 Å². The number of amides is 2. The fourth-order valence-corrected chi connectivity index (χ4v) is 2.32. The number of primary amides is 2. The molecule has 0 fully saturated rings. The summed E-state index contributed by atoms with van der Waals surface area (Å²) in [6.45, 7) is 8.04. The van der Waals surface area contributed by atoms with Crippen molar-refractivity contribution in [3.05, 3.63) is 0 Å². The van der Waals surface area contributed by atoms with Crippen molar-refractivity contribution >= 4 is 11.8 Å². The Labute approximate surface area is 134 Å². The van der Waals surface area contributed by atoms with Crippen LogP contribution in [0.4, 0.5) is 0 Å². The summed E-state index contributed by atoms with van der Waals surface area (Å²) in [5.74, 6) is -0.0137. The Morgan fingerprint density at radius 2 is 1.55 bits per heavy atom. The van der Waals surface area contributed by atoms with Gasteiger partial charge in [-0.2, -0.15) is 0 Å². The Bertz CT molecular complexity index is 311. The van der Waals surface area contributed by atoms with Crippen LogP contribution >= 0.6 is 0 Å². The van der Waals surface area contributed by atoms with Crippen LogP contribution in [0.3, 0.4) is 0 Å². The van der Waals surface area contributed by atoms with Crippen LogP contribution in [0.15, 0.2) is 0 Å². The van der Waals surface area contributed by atoms with Crippen molar-refractivity contribution in [2.45, 2.75) is 53.4 Å². The first-order chi connectivity index (χ1) is 10.2. The van der Waals surface area contributed by atoms with Gasteiger partial charge in [0.25, 0.3) is 0 Å². The highest BCUT2D eigenvalue weighted by Gasteiger charge is 2.22. The van der Waals surface area contributed by atoms with Crippen LogP contribution in [0.2, 0.25) is 0 Å². The van der Waals surface area contributed by atoms with Gasteiger partial charge in [0, 0.05) is 25.6 Å². The predicted molar refractivity (Wildman–Crippen MR) is 87.7 cm³/mol. The lowest BCUT2D eigenvalue weighted by atomic mass is 9.85. The van der Waals surface area contributed by atoms with Gasteiger partial charge in [0.15, 0.2) is 0 Å². The molecule has 6 heteroatoms. The summed E-state index contributed by atoms with van der Waals surface area (Å²) in [5, 5.41) is 17.4. The van der Waals surface area contributed by atoms with Crippen molar-refractivity contribution < 1.29 is 19.8 Å². The van der Waals surface area contributed by atoms with Crippen LogP contribution in [0.1, 0.15) is 53.4 Å². The van der Waals surface area contributed by atoms with Gasteiger partial charge in [-0.3, -0.25) is 9.59 Å². The Morgan fingerprint density at radius 3 is 1.82 bits per heavy atom. The molecule has 6 nitrogen and oxygen atoms in total. The maximum atomic E-state index is 10.9. The van der Waals surface area contributed by atoms with Crippen molar-refractivity contribution in [3.63, 3.8) is 0 Å². The highest BCUT2D eigenvalue weighted by atomic mass is 16.3. The van der Waals surface area contributed by atoms with E-state index in [0.29, 0.717) is 12.8 Å². The first-order valence-corrected chi connectivity index (χ1v) is 8.04. The van der Waals surface area contributed by atoms with Gasteiger partial charge in [-0.15, -0.1) is 0 Å². The van der Waals surface area contributed by atoms with E-state index in [-0.39, 0.29) is 48.7 Å². The predicted octanol–water partition coefficient (Wildman–Crippen LogP) is 1.03. The number of hydrogen-bond acceptors (Lipinski definition) is 4. The zero-order valence-corrected chi connectivity index (χ0v) is 14.4. The summed E-state index contributed by atoms with van der Waals surface area (Å²) >= 11 is 0. The van der Waals surface area contributed by atoms with Gasteiger partial charge in [-0.1, -0.05) is 34.1 Å². The van der Waals surface area contributed by atoms with Gasteiger partial charge in [0.2, 0.25) is 11.8 Å². The van der Waals surface area contributed by atoms with Crippen LogP contribution in [0, 0.1) is 23.7 Å². The molecule has 0 aliphatic heterocycles. The van der Waals surface area contributed by atoms with Crippen molar-refractivity contribution in [2.75, 3.05) is 13.2 Å². The second-order valence-electron chi connectivity index (χ2n) is 5.91. The van der Waals surface area contributed by atoms with Gasteiger partial charge < -0.3 is 21.7 Å². The number of nitrogens with two attached hydrogens (primary N) is 2. The van der Waals surface area contributed by atoms with Crippen molar-refractivity contribution in [3.8, 4) is 0 Å². The molecule has 2 amide bonds. The molecule has 4 unspecified atom stereocenters. The molecule has 0 heterocycles. The fraction of sp³-hybridized carbons (Fsp3) is 0.875. The van der Waals surface area contributed by atoms with E-state index in [1.54, 1.807) is 0 Å². The van der Waals surface area contributed by atoms with E-state index >= 15 is 0 Å². The molecule has 0 bridgehead atoms. The highest BCUT2D eigenvalue weighted by molar-refractivity contribution is 5.76. The minimum atomic E-state index is -0.298. The second-order valence-corrected chi connectivity index (χ2v) is 5.91. The molecule has 22 heavy (non-hydrogen) atoms. The van der Waals surface area contributed by atoms with Crippen LogP contribution in [0.5, 0.6) is 0 Å². The number of rotatable bonds is 10. The lowest BCUT2D eigenvalue weighted by Gasteiger charge is -2.21. The summed E-state index contributed by atoms with van der Waals surface area (Å²) in [5.41, 5.74) is 10.2. The Morgan fingerprint density at radius 1 is 1.00 bits per heavy atom. The van der Waals surface area contributed by atoms with Crippen molar-refractivity contribution in [2.24, 2.45) is 35.1 Å². The Hall–Kier alpha value is -1.14. The number of hydrogen-bond donors (Lipinski definition) is 4. The summed E-state index contributed by atoms with van der Waals surface area (Å²) < 4.78 is 0. The standard InChI is InChI=1S/C9H19NO2.C7H15NO2/c1-3-7(5-6-11)8(4-2)9(10)12;1-5(3-7(8)10)6(2)4-9/h7-8,11H,3-6H2,1-2H3,(H2,10,12);5-6,9H,3-4H2,1-2H3,(H2,8,10). The second kappa shape index (κ2) is 13.5. The van der Waals surface area contributed by atoms with Gasteiger partial charge in [0.05, 0.1) is 0 Å². The summed E-state index contributed by atoms with van der Waals surface area (Å²) in [4.78, 5) is 21.3. The molecule has 0 aromatic rings. The molecule has 0 saturated heterocycles. The normalized spacial score (nSPS) is 15.9. The van der Waals surface area contributed by atoms with Crippen molar-refractivity contribution in [1.82, 2.24) is 0 Å². The molecule has 0 aliphatic carbocycles. The van der Waals surface area contributed by atoms with Gasteiger partial charge >= 0.3 is 0 Å². The van der Waals surface area contributed by atoms with Crippen LogP contribution in [0.25, 0.3) is 0 Å². The molecule has 6 N–H and O–H groups in total. The molecule has 0 rings (SSSR count). The average molecular weight is 318 g/mol. The minimum Gasteiger partial charge on any atom is -0.396 e. The van der Waals surface area contributed by atoms with Crippen LogP contribution < -0.4 is 11.5 Å². The molecule has 0 spiro atoms. The number of aliphatic hydroxyl groups is 2. The van der Waals surface area contributed by atoms with E-state index in [1.165, 1.54) is 0 Å². The number of aliphatic hydroxyl groups excluding tert-OH is 2. The summed E-state index contributed by atoms with van der Waals surface area (Å²) in [6, 6.07) is 0. The zero-order valence-electron chi connectivity index (χ0n) is 14.4. The minimum absolute atomic E-state index is 0.0675. The molecule has 0 radical (unpaired) electrons. The van der Waals surface area contributed by atoms with E-state index < -0.39 is 0 Å². The topological polar surface area (TPSA) is 127 Å². The van der Waals surface area contributed by atoms with Gasteiger partial charge in [-0.05, 0) is 30.6 Å². The third-order valence-electron chi connectivity index (χ3n) is 4.18. The molecule has 4 atom stereocenters. The van der Waals surface area contributed by atoms with Crippen LogP contribution in [-0.4, -0.2) is 35.2 Å². The van der Waals surface area contributed by atoms with Crippen molar-refractivity contribution in [1.29, 1.82) is 0 Å². The SMILES string of the molecule is CC(CO)C(C)CC(N)=O.CCC(CCO)C(CC)C(N)=O. The highest BCUT2D eigenvalue weighted by Crippen LogP contribution is 2.21. The number of carbonyl (C=O) groups excluding carboxylic acids is 2. The van der Waals surface area contributed by atoms with E-state index in [1.807, 2.05) is 27.7 Å². The molecular formula is C16H34N2O4. The number of carbonyl (C=O) groups is 2. The first kappa shape index (κ1) is 23.1. The molecule has 0 aliphatic rings. The van der Waals surface area contributed by atoms with E-state index in [0.717, 1.165) is 12.8 Å². The zero-order chi connectivity index (χ0) is 17.7. The average Bonchev–Trinajstić information content (AvgIpc) is 2.45. The van der Waals surface area contributed by atoms with E-state index in [4.69, 9.17) is 21.7 Å². The Kier molecular flexibility index (Phi) is 14.2. The van der Waals surface area contributed by atoms with E-state index in [2.05, 4.69) is 0 Å². The van der Waals surface area contributed by atoms with Gasteiger partial charge in [0.1, 0.15) is 0 Å². The Balaban J connectivity index is 0. The molecule has 0 aromatic carbocycles. The largest absolute Gasteiger partial charge is 0.396 e. The summed E-state index contributed by atoms with van der Waals surface area (Å²) in [6.07, 6.45) is 2.72.